The van der Waals surface area contributed by atoms with Crippen LogP contribution in [-0.4, -0.2) is 8.07 Å². The average Bonchev–Trinajstić information content (AvgIpc) is 3.41. The van der Waals surface area contributed by atoms with Crippen LogP contribution in [0.5, 0.6) is 0 Å². The number of hydrogen-bond donors (Lipinski definition) is 0. The normalized spacial score (nSPS) is 14.1. The number of allylic oxidation sites excluding steroid dienone is 1. The number of hydrogen-bond acceptors (Lipinski definition) is 3. The molecule has 0 saturated carbocycles. The van der Waals surface area contributed by atoms with E-state index in [-0.39, 0.29) is 10.8 Å². The molecule has 0 amide bonds. The van der Waals surface area contributed by atoms with E-state index in [1.807, 2.05) is 12.1 Å². The molecule has 0 radical (unpaired) electrons. The van der Waals surface area contributed by atoms with E-state index in [0.29, 0.717) is 5.56 Å². The van der Waals surface area contributed by atoms with Crippen LogP contribution in [0.15, 0.2) is 133 Å². The lowest BCUT2D eigenvalue weighted by Crippen LogP contribution is -2.37. The molecule has 0 aromatic heterocycles. The predicted octanol–water partition coefficient (Wildman–Crippen LogP) is 13.6. The lowest BCUT2D eigenvalue weighted by molar-refractivity contribution is 0.590. The van der Waals surface area contributed by atoms with Crippen molar-refractivity contribution in [2.24, 2.45) is 0 Å². The molecule has 6 aromatic carbocycles. The maximum absolute atomic E-state index is 9.59. The molecule has 0 N–H and O–H groups in total. The Morgan fingerprint density at radius 3 is 1.85 bits per heavy atom. The van der Waals surface area contributed by atoms with E-state index < -0.39 is 8.07 Å². The minimum Gasteiger partial charge on any atom is -0.310 e. The molecule has 2 aliphatic carbocycles. The first-order valence-electron chi connectivity index (χ1n) is 19.6. The summed E-state index contributed by atoms with van der Waals surface area (Å²) < 4.78 is 0. The first-order valence-corrected chi connectivity index (χ1v) is 23.1. The summed E-state index contributed by atoms with van der Waals surface area (Å²) in [7, 11) is -1.46. The van der Waals surface area contributed by atoms with Gasteiger partial charge in [0.25, 0.3) is 0 Å². The molecular weight excluding hydrogens is 683 g/mol. The summed E-state index contributed by atoms with van der Waals surface area (Å²) in [6.45, 7) is 18.8. The number of nitrogens with zero attached hydrogens (tertiary/aromatic N) is 3. The highest BCUT2D eigenvalue weighted by Crippen LogP contribution is 2.56. The molecule has 0 saturated heterocycles. The Morgan fingerprint density at radius 1 is 0.655 bits per heavy atom. The van der Waals surface area contributed by atoms with Crippen molar-refractivity contribution in [1.29, 1.82) is 5.26 Å². The molecule has 55 heavy (non-hydrogen) atoms. The summed E-state index contributed by atoms with van der Waals surface area (Å²) >= 11 is 0. The first kappa shape index (κ1) is 36.3. The summed E-state index contributed by atoms with van der Waals surface area (Å²) in [4.78, 5) is 4.82. The zero-order valence-electron chi connectivity index (χ0n) is 33.5. The summed E-state index contributed by atoms with van der Waals surface area (Å²) in [5.41, 5.74) is 16.7. The Balaban J connectivity index is 1.29. The van der Waals surface area contributed by atoms with Gasteiger partial charge in [-0.25, -0.2) is 0 Å². The van der Waals surface area contributed by atoms with E-state index in [1.54, 1.807) is 0 Å². The van der Waals surface area contributed by atoms with Crippen molar-refractivity contribution < 1.29 is 0 Å². The quantitative estimate of drug-likeness (QED) is 0.153. The average molecular weight is 734 g/mol. The fourth-order valence-electron chi connectivity index (χ4n) is 8.50. The van der Waals surface area contributed by atoms with Gasteiger partial charge in [-0.3, -0.25) is 0 Å². The van der Waals surface area contributed by atoms with Crippen LogP contribution in [0, 0.1) is 11.3 Å². The number of anilines is 6. The molecule has 2 aliphatic rings. The fourth-order valence-corrected chi connectivity index (χ4v) is 9.66. The van der Waals surface area contributed by atoms with Gasteiger partial charge in [0.1, 0.15) is 0 Å². The van der Waals surface area contributed by atoms with Gasteiger partial charge in [-0.1, -0.05) is 120 Å². The molecule has 0 unspecified atom stereocenters. The Morgan fingerprint density at radius 2 is 1.24 bits per heavy atom. The fraction of sp³-hybridized carbons (Fsp3) is 0.235. The third-order valence-corrected chi connectivity index (χ3v) is 13.7. The molecule has 0 aliphatic heterocycles. The van der Waals surface area contributed by atoms with Crippen molar-refractivity contribution in [3.63, 3.8) is 0 Å². The van der Waals surface area contributed by atoms with Crippen LogP contribution in [0.4, 0.5) is 34.1 Å². The van der Waals surface area contributed by atoms with E-state index in [4.69, 9.17) is 0 Å². The summed E-state index contributed by atoms with van der Waals surface area (Å²) in [6.07, 6.45) is 6.77. The van der Waals surface area contributed by atoms with Crippen molar-refractivity contribution in [3.05, 3.63) is 167 Å². The van der Waals surface area contributed by atoms with Gasteiger partial charge in [0.2, 0.25) is 0 Å². The Hall–Kier alpha value is -5.63. The molecule has 0 heterocycles. The molecule has 0 atom stereocenters. The highest BCUT2D eigenvalue weighted by molar-refractivity contribution is 6.88. The van der Waals surface area contributed by atoms with Gasteiger partial charge in [-0.2, -0.15) is 5.26 Å². The second kappa shape index (κ2) is 13.6. The summed E-state index contributed by atoms with van der Waals surface area (Å²) in [6, 6.07) is 49.0. The molecule has 3 nitrogen and oxygen atoms in total. The van der Waals surface area contributed by atoms with Gasteiger partial charge < -0.3 is 9.80 Å². The third-order valence-electron chi connectivity index (χ3n) is 11.7. The largest absolute Gasteiger partial charge is 0.310 e. The Labute approximate surface area is 329 Å². The summed E-state index contributed by atoms with van der Waals surface area (Å²) in [5, 5.41) is 11.1. The summed E-state index contributed by atoms with van der Waals surface area (Å²) in [5.74, 6) is 0. The van der Waals surface area contributed by atoms with Crippen molar-refractivity contribution in [1.82, 2.24) is 0 Å². The van der Waals surface area contributed by atoms with Crippen molar-refractivity contribution in [2.45, 2.75) is 77.9 Å². The van der Waals surface area contributed by atoms with Crippen LogP contribution in [0.25, 0.3) is 17.2 Å². The minimum absolute atomic E-state index is 0.0567. The maximum Gasteiger partial charge on any atom is 0.0991 e. The van der Waals surface area contributed by atoms with Gasteiger partial charge in [0.05, 0.1) is 25.4 Å². The van der Waals surface area contributed by atoms with Gasteiger partial charge in [0.15, 0.2) is 0 Å². The number of nitriles is 1. The molecular formula is C51H51N3Si. The van der Waals surface area contributed by atoms with Crippen molar-refractivity contribution in [2.75, 3.05) is 9.80 Å². The minimum atomic E-state index is -1.46. The maximum atomic E-state index is 9.59. The second-order valence-electron chi connectivity index (χ2n) is 17.8. The molecule has 0 bridgehead atoms. The van der Waals surface area contributed by atoms with Crippen LogP contribution < -0.4 is 15.0 Å². The topological polar surface area (TPSA) is 30.3 Å². The molecule has 274 valence electrons. The molecule has 0 spiro atoms. The monoisotopic (exact) mass is 733 g/mol. The second-order valence-corrected chi connectivity index (χ2v) is 22.8. The Kier molecular flexibility index (Phi) is 8.98. The van der Waals surface area contributed by atoms with Crippen LogP contribution in [0.2, 0.25) is 19.6 Å². The predicted molar refractivity (Wildman–Crippen MR) is 237 cm³/mol. The number of fused-ring (bicyclic) bond motifs is 5. The van der Waals surface area contributed by atoms with E-state index in [2.05, 4.69) is 198 Å². The van der Waals surface area contributed by atoms with Crippen LogP contribution >= 0.6 is 0 Å². The van der Waals surface area contributed by atoms with Crippen molar-refractivity contribution >= 4 is 53.5 Å². The number of rotatable bonds is 7. The Bertz CT molecular complexity index is 2450. The lowest BCUT2D eigenvalue weighted by Gasteiger charge is -2.32. The highest BCUT2D eigenvalue weighted by Gasteiger charge is 2.40. The van der Waals surface area contributed by atoms with Gasteiger partial charge >= 0.3 is 0 Å². The zero-order valence-corrected chi connectivity index (χ0v) is 34.5. The lowest BCUT2D eigenvalue weighted by atomic mass is 9.80. The van der Waals surface area contributed by atoms with E-state index in [9.17, 15) is 5.26 Å². The molecule has 0 fully saturated rings. The van der Waals surface area contributed by atoms with E-state index in [1.165, 1.54) is 61.2 Å². The van der Waals surface area contributed by atoms with Crippen molar-refractivity contribution in [3.8, 4) is 17.2 Å². The standard InChI is InChI=1S/C51H51N3Si/c1-50(2,3)36-20-24-39(25-21-36)53(38-22-18-35(34-52)19-23-38)41-28-31-45-46(32-41)51(4,5)47-33-48(43-16-12-13-17-44(43)49(45)47)54(37-14-10-9-11-15-37)40-26-29-42(30-27-40)55(6,7)8/h9-11,13-15,17-33H,12,16H2,1-8H3. The molecule has 4 heteroatoms. The van der Waals surface area contributed by atoms with Crippen LogP contribution in [-0.2, 0) is 17.3 Å². The SMILES string of the molecule is CC(C)(C)c1ccc(N(c2ccc(C#N)cc2)c2ccc3c(c2)C(C)(C)c2cc(N(c4ccccc4)c4ccc([Si](C)(C)C)cc4)c4c(c2-3)C=CCC4)cc1. The molecule has 6 aromatic rings. The van der Waals surface area contributed by atoms with Gasteiger partial charge in [0, 0.05) is 33.9 Å². The number of benzene rings is 6. The number of para-hydroxylation sites is 1. The third kappa shape index (κ3) is 6.51. The van der Waals surface area contributed by atoms with Crippen LogP contribution in [0.3, 0.4) is 0 Å². The van der Waals surface area contributed by atoms with E-state index >= 15 is 0 Å². The highest BCUT2D eigenvalue weighted by atomic mass is 28.3. The van der Waals surface area contributed by atoms with Gasteiger partial charge in [-0.05, 0) is 136 Å². The zero-order chi connectivity index (χ0) is 38.7. The molecule has 8 rings (SSSR count). The van der Waals surface area contributed by atoms with E-state index in [0.717, 1.165) is 29.9 Å². The van der Waals surface area contributed by atoms with Crippen LogP contribution in [0.1, 0.15) is 74.4 Å². The first-order chi connectivity index (χ1) is 26.3. The van der Waals surface area contributed by atoms with Gasteiger partial charge in [-0.15, -0.1) is 0 Å². The smallest absolute Gasteiger partial charge is 0.0991 e.